The van der Waals surface area contributed by atoms with E-state index in [0.717, 1.165) is 0 Å². The van der Waals surface area contributed by atoms with Crippen LogP contribution in [0.5, 0.6) is 5.75 Å². The zero-order valence-electron chi connectivity index (χ0n) is 7.14. The average Bonchev–Trinajstić information content (AvgIpc) is 2.15. The van der Waals surface area contributed by atoms with Gasteiger partial charge in [0, 0.05) is 12.1 Å². The van der Waals surface area contributed by atoms with Crippen molar-refractivity contribution >= 4 is 5.69 Å². The molecular formula is C9H9NO3. The van der Waals surface area contributed by atoms with Gasteiger partial charge in [-0.15, -0.1) is 0 Å². The molecule has 0 bridgehead atoms. The number of ether oxygens (including phenoxy) is 1. The molecule has 0 fully saturated rings. The summed E-state index contributed by atoms with van der Waals surface area (Å²) in [6.45, 7) is 1.82. The molecule has 0 N–H and O–H groups in total. The highest BCUT2D eigenvalue weighted by Crippen LogP contribution is 2.17. The van der Waals surface area contributed by atoms with Gasteiger partial charge in [0.15, 0.2) is 0 Å². The molecule has 0 saturated carbocycles. The van der Waals surface area contributed by atoms with E-state index >= 15 is 0 Å². The second-order valence-electron chi connectivity index (χ2n) is 2.34. The number of non-ortho nitro benzene ring substituents is 1. The van der Waals surface area contributed by atoms with Gasteiger partial charge in [-0.2, -0.15) is 0 Å². The monoisotopic (exact) mass is 179 g/mol. The Morgan fingerprint density at radius 3 is 2.46 bits per heavy atom. The van der Waals surface area contributed by atoms with Crippen LogP contribution in [0.3, 0.4) is 0 Å². The molecule has 0 atom stereocenters. The molecule has 13 heavy (non-hydrogen) atoms. The molecule has 0 saturated heterocycles. The summed E-state index contributed by atoms with van der Waals surface area (Å²) in [5.41, 5.74) is 0.0628. The van der Waals surface area contributed by atoms with Gasteiger partial charge >= 0.3 is 0 Å². The molecule has 1 rings (SSSR count). The van der Waals surface area contributed by atoms with E-state index in [2.05, 4.69) is 0 Å². The number of hydrogen-bond donors (Lipinski definition) is 0. The molecule has 0 aromatic heterocycles. The van der Waals surface area contributed by atoms with Crippen LogP contribution in [0, 0.1) is 10.1 Å². The fraction of sp³-hybridized carbons (Fsp3) is 0.111. The number of nitro groups is 1. The summed E-state index contributed by atoms with van der Waals surface area (Å²) in [4.78, 5) is 9.83. The third kappa shape index (κ3) is 2.59. The van der Waals surface area contributed by atoms with Gasteiger partial charge in [-0.25, -0.2) is 0 Å². The Morgan fingerprint density at radius 2 is 2.00 bits per heavy atom. The Kier molecular flexibility index (Phi) is 3.03. The van der Waals surface area contributed by atoms with Gasteiger partial charge in [-0.1, -0.05) is 6.08 Å². The molecule has 0 unspecified atom stereocenters. The zero-order valence-corrected chi connectivity index (χ0v) is 7.14. The minimum absolute atomic E-state index is 0.0628. The van der Waals surface area contributed by atoms with Crippen LogP contribution in [0.1, 0.15) is 6.92 Å². The van der Waals surface area contributed by atoms with Crippen LogP contribution in [0.15, 0.2) is 36.6 Å². The maximum absolute atomic E-state index is 10.3. The van der Waals surface area contributed by atoms with E-state index in [1.165, 1.54) is 18.4 Å². The number of nitrogens with zero attached hydrogens (tertiary/aromatic N) is 1. The second-order valence-corrected chi connectivity index (χ2v) is 2.34. The lowest BCUT2D eigenvalue weighted by Crippen LogP contribution is -1.87. The number of hydrogen-bond acceptors (Lipinski definition) is 3. The predicted octanol–water partition coefficient (Wildman–Crippen LogP) is 2.51. The van der Waals surface area contributed by atoms with E-state index in [9.17, 15) is 10.1 Å². The van der Waals surface area contributed by atoms with Crippen LogP contribution in [-0.4, -0.2) is 4.92 Å². The molecule has 1 aromatic rings. The standard InChI is InChI=1S/C9H9NO3/c1-2-7-13-9-5-3-8(4-6-9)10(11)12/h2-7H,1H3/b7-2+. The van der Waals surface area contributed by atoms with Crippen molar-refractivity contribution in [2.24, 2.45) is 0 Å². The lowest BCUT2D eigenvalue weighted by Gasteiger charge is -1.97. The largest absolute Gasteiger partial charge is 0.465 e. The summed E-state index contributed by atoms with van der Waals surface area (Å²) >= 11 is 0. The molecule has 68 valence electrons. The molecular weight excluding hydrogens is 170 g/mol. The van der Waals surface area contributed by atoms with Crippen molar-refractivity contribution in [3.05, 3.63) is 46.7 Å². The molecule has 0 heterocycles. The van der Waals surface area contributed by atoms with Gasteiger partial charge in [-0.3, -0.25) is 10.1 Å². The van der Waals surface area contributed by atoms with E-state index in [0.29, 0.717) is 5.75 Å². The molecule has 4 heteroatoms. The van der Waals surface area contributed by atoms with Crippen molar-refractivity contribution in [2.45, 2.75) is 6.92 Å². The van der Waals surface area contributed by atoms with Gasteiger partial charge in [0.1, 0.15) is 5.75 Å². The van der Waals surface area contributed by atoms with Crippen LogP contribution >= 0.6 is 0 Å². The highest BCUT2D eigenvalue weighted by molar-refractivity contribution is 5.36. The Balaban J connectivity index is 2.75. The third-order valence-corrected chi connectivity index (χ3v) is 1.39. The van der Waals surface area contributed by atoms with Gasteiger partial charge in [-0.05, 0) is 19.1 Å². The minimum atomic E-state index is -0.445. The smallest absolute Gasteiger partial charge is 0.269 e. The summed E-state index contributed by atoms with van der Waals surface area (Å²) in [7, 11) is 0. The van der Waals surface area contributed by atoms with Crippen molar-refractivity contribution in [1.82, 2.24) is 0 Å². The summed E-state index contributed by atoms with van der Waals surface area (Å²) in [5, 5.41) is 10.3. The SMILES string of the molecule is C/C=C/Oc1ccc([N+](=O)[O-])cc1. The highest BCUT2D eigenvalue weighted by Gasteiger charge is 2.02. The molecule has 0 radical (unpaired) electrons. The Labute approximate surface area is 75.6 Å². The normalized spacial score (nSPS) is 10.2. The summed E-state index contributed by atoms with van der Waals surface area (Å²) in [6.07, 6.45) is 3.25. The van der Waals surface area contributed by atoms with E-state index in [1.807, 2.05) is 6.92 Å². The number of rotatable bonds is 3. The van der Waals surface area contributed by atoms with E-state index in [4.69, 9.17) is 4.74 Å². The highest BCUT2D eigenvalue weighted by atomic mass is 16.6. The van der Waals surface area contributed by atoms with Gasteiger partial charge in [0.05, 0.1) is 11.2 Å². The molecule has 0 spiro atoms. The number of allylic oxidation sites excluding steroid dienone is 1. The molecule has 1 aromatic carbocycles. The van der Waals surface area contributed by atoms with Crippen LogP contribution < -0.4 is 4.74 Å². The summed E-state index contributed by atoms with van der Waals surface area (Å²) < 4.78 is 5.09. The maximum Gasteiger partial charge on any atom is 0.269 e. The minimum Gasteiger partial charge on any atom is -0.465 e. The number of benzene rings is 1. The molecule has 0 aliphatic heterocycles. The van der Waals surface area contributed by atoms with E-state index < -0.39 is 4.92 Å². The fourth-order valence-corrected chi connectivity index (χ4v) is 0.793. The van der Waals surface area contributed by atoms with Crippen LogP contribution in [-0.2, 0) is 0 Å². The molecule has 4 nitrogen and oxygen atoms in total. The predicted molar refractivity (Wildman–Crippen MR) is 48.5 cm³/mol. The third-order valence-electron chi connectivity index (χ3n) is 1.39. The van der Waals surface area contributed by atoms with Gasteiger partial charge < -0.3 is 4.74 Å². The zero-order chi connectivity index (χ0) is 9.68. The van der Waals surface area contributed by atoms with Crippen molar-refractivity contribution in [3.8, 4) is 5.75 Å². The Hall–Kier alpha value is -1.84. The van der Waals surface area contributed by atoms with Crippen molar-refractivity contribution < 1.29 is 9.66 Å². The molecule has 0 aliphatic carbocycles. The summed E-state index contributed by atoms with van der Waals surface area (Å²) in [5.74, 6) is 0.587. The van der Waals surface area contributed by atoms with E-state index in [-0.39, 0.29) is 5.69 Å². The maximum atomic E-state index is 10.3. The first-order valence-electron chi connectivity index (χ1n) is 3.76. The average molecular weight is 179 g/mol. The van der Waals surface area contributed by atoms with Crippen molar-refractivity contribution in [1.29, 1.82) is 0 Å². The first kappa shape index (κ1) is 9.25. The van der Waals surface area contributed by atoms with Gasteiger partial charge in [0.2, 0.25) is 0 Å². The van der Waals surface area contributed by atoms with Crippen LogP contribution in [0.25, 0.3) is 0 Å². The lowest BCUT2D eigenvalue weighted by molar-refractivity contribution is -0.384. The lowest BCUT2D eigenvalue weighted by atomic mass is 10.3. The van der Waals surface area contributed by atoms with Crippen molar-refractivity contribution in [2.75, 3.05) is 0 Å². The Morgan fingerprint density at radius 1 is 1.38 bits per heavy atom. The Bertz CT molecular complexity index is 316. The second kappa shape index (κ2) is 4.25. The quantitative estimate of drug-likeness (QED) is 0.407. The molecule has 0 amide bonds. The number of nitro benzene ring substituents is 1. The molecule has 0 aliphatic rings. The van der Waals surface area contributed by atoms with E-state index in [1.54, 1.807) is 18.2 Å². The topological polar surface area (TPSA) is 52.4 Å². The summed E-state index contributed by atoms with van der Waals surface area (Å²) in [6, 6.07) is 5.91. The fourth-order valence-electron chi connectivity index (χ4n) is 0.793. The van der Waals surface area contributed by atoms with Crippen molar-refractivity contribution in [3.63, 3.8) is 0 Å². The van der Waals surface area contributed by atoms with Crippen LogP contribution in [0.4, 0.5) is 5.69 Å². The van der Waals surface area contributed by atoms with Crippen LogP contribution in [0.2, 0.25) is 0 Å². The van der Waals surface area contributed by atoms with Gasteiger partial charge in [0.25, 0.3) is 5.69 Å². The first-order chi connectivity index (χ1) is 6.24. The first-order valence-corrected chi connectivity index (χ1v) is 3.76.